The fourth-order valence-corrected chi connectivity index (χ4v) is 3.99. The molecule has 4 nitrogen and oxygen atoms in total. The topological polar surface area (TPSA) is 59.2 Å². The number of aromatic amines is 1. The lowest BCUT2D eigenvalue weighted by Gasteiger charge is -2.20. The van der Waals surface area contributed by atoms with Crippen LogP contribution in [0.5, 0.6) is 5.75 Å². The Balaban J connectivity index is 2.82. The van der Waals surface area contributed by atoms with Gasteiger partial charge in [0.2, 0.25) is 5.56 Å². The molecule has 1 N–H and O–H groups in total. The Hall–Kier alpha value is -0.180. The summed E-state index contributed by atoms with van der Waals surface area (Å²) in [7, 11) is 0. The summed E-state index contributed by atoms with van der Waals surface area (Å²) < 4.78 is 5.62. The van der Waals surface area contributed by atoms with E-state index in [9.17, 15) is 9.59 Å². The van der Waals surface area contributed by atoms with E-state index in [1.54, 1.807) is 6.07 Å². The van der Waals surface area contributed by atoms with Crippen molar-refractivity contribution in [1.82, 2.24) is 4.98 Å². The molecule has 2 unspecified atom stereocenters. The maximum atomic E-state index is 12.1. The smallest absolute Gasteiger partial charge is 0.308 e. The molecule has 1 aromatic carbocycles. The number of aromatic nitrogens is 1. The molecular formula is C18H19Br4NO3. The van der Waals surface area contributed by atoms with Crippen molar-refractivity contribution in [3.8, 4) is 5.75 Å². The van der Waals surface area contributed by atoms with Gasteiger partial charge in [-0.2, -0.15) is 0 Å². The molecule has 2 aromatic rings. The first-order valence-corrected chi connectivity index (χ1v) is 12.1. The third kappa shape index (κ3) is 5.42. The molecule has 2 rings (SSSR count). The minimum Gasteiger partial charge on any atom is -0.426 e. The van der Waals surface area contributed by atoms with Crippen LogP contribution >= 0.6 is 63.7 Å². The molecule has 0 fully saturated rings. The highest BCUT2D eigenvalue weighted by molar-refractivity contribution is 9.12. The number of H-pyrrole nitrogens is 1. The van der Waals surface area contributed by atoms with Crippen molar-refractivity contribution in [2.75, 3.05) is 10.7 Å². The summed E-state index contributed by atoms with van der Waals surface area (Å²) in [6.07, 6.45) is 1.30. The van der Waals surface area contributed by atoms with Gasteiger partial charge in [-0.25, -0.2) is 0 Å². The quantitative estimate of drug-likeness (QED) is 0.266. The van der Waals surface area contributed by atoms with E-state index >= 15 is 0 Å². The number of fused-ring (bicyclic) bond motifs is 1. The molecule has 1 heterocycles. The summed E-state index contributed by atoms with van der Waals surface area (Å²) in [5.41, 5.74) is 3.24. The molecule has 2 atom stereocenters. The van der Waals surface area contributed by atoms with Crippen molar-refractivity contribution in [3.05, 3.63) is 39.2 Å². The van der Waals surface area contributed by atoms with E-state index in [1.165, 1.54) is 6.92 Å². The molecule has 1 aromatic heterocycles. The lowest BCUT2D eigenvalue weighted by Crippen LogP contribution is -2.16. The Labute approximate surface area is 186 Å². The van der Waals surface area contributed by atoms with Crippen LogP contribution < -0.4 is 10.3 Å². The van der Waals surface area contributed by atoms with Crippen molar-refractivity contribution in [2.24, 2.45) is 0 Å². The first-order chi connectivity index (χ1) is 12.3. The molecular weight excluding hydrogens is 598 g/mol. The summed E-state index contributed by atoms with van der Waals surface area (Å²) in [4.78, 5) is 27.1. The fraction of sp³-hybridized carbons (Fsp3) is 0.444. The van der Waals surface area contributed by atoms with E-state index in [1.807, 2.05) is 13.0 Å². The lowest BCUT2D eigenvalue weighted by atomic mass is 9.95. The van der Waals surface area contributed by atoms with Crippen LogP contribution in [0.3, 0.4) is 0 Å². The van der Waals surface area contributed by atoms with Gasteiger partial charge in [0, 0.05) is 44.3 Å². The predicted octanol–water partition coefficient (Wildman–Crippen LogP) is 5.16. The summed E-state index contributed by atoms with van der Waals surface area (Å²) in [5.74, 6) is 0.166. The average molecular weight is 617 g/mol. The van der Waals surface area contributed by atoms with Gasteiger partial charge in [0.05, 0.1) is 5.52 Å². The number of ether oxygens (including phenoxy) is 1. The number of hydrogen-bond donors (Lipinski definition) is 1. The molecule has 0 saturated carbocycles. The summed E-state index contributed by atoms with van der Waals surface area (Å²) >= 11 is 14.2. The second-order valence-corrected chi connectivity index (χ2v) is 9.97. The second kappa shape index (κ2) is 9.85. The zero-order chi connectivity index (χ0) is 19.4. The van der Waals surface area contributed by atoms with Gasteiger partial charge in [-0.1, -0.05) is 63.7 Å². The highest BCUT2D eigenvalue weighted by Gasteiger charge is 2.22. The van der Waals surface area contributed by atoms with Gasteiger partial charge in [0.25, 0.3) is 0 Å². The number of hydrogen-bond acceptors (Lipinski definition) is 3. The van der Waals surface area contributed by atoms with Gasteiger partial charge >= 0.3 is 5.97 Å². The Bertz CT molecular complexity index is 866. The number of aryl methyl sites for hydroxylation is 1. The van der Waals surface area contributed by atoms with Crippen LogP contribution in [-0.2, 0) is 17.6 Å². The number of rotatable bonds is 7. The minimum atomic E-state index is -0.378. The largest absolute Gasteiger partial charge is 0.426 e. The lowest BCUT2D eigenvalue weighted by molar-refractivity contribution is -0.131. The average Bonchev–Trinajstić information content (AvgIpc) is 2.57. The third-order valence-electron chi connectivity index (χ3n) is 3.92. The molecule has 0 aliphatic carbocycles. The van der Waals surface area contributed by atoms with Gasteiger partial charge in [-0.15, -0.1) is 0 Å². The maximum Gasteiger partial charge on any atom is 0.308 e. The van der Waals surface area contributed by atoms with Crippen molar-refractivity contribution < 1.29 is 9.53 Å². The highest BCUT2D eigenvalue weighted by Crippen LogP contribution is 2.36. The standard InChI is InChI=1S/C18H19Br4NO3/c1-9-3-16(25)23-17-14(9)5-11(4-12(21)7-19)18(26-10(2)24)15(17)6-13(22)8-20/h3,5,12-13H,4,6-8H2,1-2H3,(H,23,25). The fourth-order valence-electron chi connectivity index (χ4n) is 2.86. The molecule has 0 amide bonds. The molecule has 0 aliphatic heterocycles. The van der Waals surface area contributed by atoms with E-state index < -0.39 is 0 Å². The first-order valence-electron chi connectivity index (χ1n) is 8.03. The number of esters is 1. The van der Waals surface area contributed by atoms with Gasteiger partial charge in [0.1, 0.15) is 5.75 Å². The van der Waals surface area contributed by atoms with Crippen LogP contribution in [0.25, 0.3) is 10.9 Å². The van der Waals surface area contributed by atoms with Gasteiger partial charge < -0.3 is 9.72 Å². The summed E-state index contributed by atoms with van der Waals surface area (Å²) in [6, 6.07) is 3.60. The van der Waals surface area contributed by atoms with E-state index in [-0.39, 0.29) is 21.2 Å². The van der Waals surface area contributed by atoms with Gasteiger partial charge in [-0.3, -0.25) is 9.59 Å². The van der Waals surface area contributed by atoms with Crippen LogP contribution in [0.4, 0.5) is 0 Å². The number of carbonyl (C=O) groups excluding carboxylic acids is 1. The van der Waals surface area contributed by atoms with Crippen LogP contribution in [-0.4, -0.2) is 31.3 Å². The molecule has 0 spiro atoms. The third-order valence-corrected chi connectivity index (χ3v) is 8.52. The molecule has 0 saturated heterocycles. The van der Waals surface area contributed by atoms with Crippen LogP contribution in [0.15, 0.2) is 16.9 Å². The number of alkyl halides is 4. The van der Waals surface area contributed by atoms with Gasteiger partial charge in [0.15, 0.2) is 0 Å². The Morgan fingerprint density at radius 2 is 1.77 bits per heavy atom. The highest BCUT2D eigenvalue weighted by atomic mass is 79.9. The van der Waals surface area contributed by atoms with Crippen molar-refractivity contribution >= 4 is 80.6 Å². The van der Waals surface area contributed by atoms with Crippen molar-refractivity contribution in [1.29, 1.82) is 0 Å². The Morgan fingerprint density at radius 3 is 2.35 bits per heavy atom. The predicted molar refractivity (Wildman–Crippen MR) is 121 cm³/mol. The second-order valence-electron chi connectivity index (χ2n) is 6.09. The zero-order valence-electron chi connectivity index (χ0n) is 14.4. The van der Waals surface area contributed by atoms with E-state index in [2.05, 4.69) is 68.7 Å². The Kier molecular flexibility index (Phi) is 8.37. The minimum absolute atomic E-state index is 0.134. The first kappa shape index (κ1) is 22.1. The monoisotopic (exact) mass is 613 g/mol. The molecule has 0 radical (unpaired) electrons. The van der Waals surface area contributed by atoms with Crippen LogP contribution in [0.1, 0.15) is 23.6 Å². The SMILES string of the molecule is CC(=O)Oc1c(CC(Br)CBr)cc2c(C)cc(=O)[nH]c2c1CC(Br)CBr. The van der Waals surface area contributed by atoms with E-state index in [0.29, 0.717) is 18.6 Å². The molecule has 0 aliphatic rings. The van der Waals surface area contributed by atoms with Crippen molar-refractivity contribution in [3.63, 3.8) is 0 Å². The molecule has 0 bridgehead atoms. The normalized spacial score (nSPS) is 13.6. The maximum absolute atomic E-state index is 12.1. The molecule has 142 valence electrons. The van der Waals surface area contributed by atoms with Crippen LogP contribution in [0, 0.1) is 6.92 Å². The van der Waals surface area contributed by atoms with Crippen molar-refractivity contribution in [2.45, 2.75) is 36.3 Å². The van der Waals surface area contributed by atoms with Gasteiger partial charge in [-0.05, 0) is 37.0 Å². The number of benzene rings is 1. The van der Waals surface area contributed by atoms with E-state index in [0.717, 1.165) is 38.3 Å². The van der Waals surface area contributed by atoms with E-state index in [4.69, 9.17) is 4.74 Å². The summed E-state index contributed by atoms with van der Waals surface area (Å²) in [5, 5.41) is 2.47. The summed E-state index contributed by atoms with van der Waals surface area (Å²) in [6.45, 7) is 3.31. The zero-order valence-corrected chi connectivity index (χ0v) is 20.7. The molecule has 8 heteroatoms. The number of pyridine rings is 1. The number of carbonyl (C=O) groups is 1. The number of nitrogens with one attached hydrogen (secondary N) is 1. The molecule has 26 heavy (non-hydrogen) atoms. The Morgan fingerprint density at radius 1 is 1.15 bits per heavy atom. The number of halogens is 4. The van der Waals surface area contributed by atoms with Crippen LogP contribution in [0.2, 0.25) is 0 Å².